The van der Waals surface area contributed by atoms with Gasteiger partial charge in [-0.2, -0.15) is 13.5 Å². The minimum absolute atomic E-state index is 0.0502. The first-order valence-corrected chi connectivity index (χ1v) is 11.7. The van der Waals surface area contributed by atoms with Gasteiger partial charge in [-0.1, -0.05) is 35.9 Å². The normalized spacial score (nSPS) is 28.7. The summed E-state index contributed by atoms with van der Waals surface area (Å²) in [5.41, 5.74) is 0.206. The number of fused-ring (bicyclic) bond motifs is 5. The highest BCUT2D eigenvalue weighted by Crippen LogP contribution is 2.52. The predicted octanol–water partition coefficient (Wildman–Crippen LogP) is 2.49. The number of benzene rings is 2. The van der Waals surface area contributed by atoms with Gasteiger partial charge in [0.1, 0.15) is 0 Å². The molecule has 0 saturated carbocycles. The number of sulfonamides is 1. The number of imide groups is 1. The van der Waals surface area contributed by atoms with Crippen molar-refractivity contribution in [2.75, 3.05) is 4.90 Å². The quantitative estimate of drug-likeness (QED) is 0.312. The number of ether oxygens (including phenoxy) is 1. The molecule has 1 N–H and O–H groups in total. The van der Waals surface area contributed by atoms with Gasteiger partial charge in [-0.05, 0) is 48.9 Å². The van der Waals surface area contributed by atoms with Crippen LogP contribution in [0.4, 0.5) is 5.69 Å². The topological polar surface area (TPSA) is 105 Å². The van der Waals surface area contributed by atoms with Crippen LogP contribution in [0, 0.1) is 11.8 Å². The molecule has 2 amide bonds. The van der Waals surface area contributed by atoms with E-state index in [9.17, 15) is 18.0 Å². The summed E-state index contributed by atoms with van der Waals surface area (Å²) in [6.45, 7) is 1.80. The summed E-state index contributed by atoms with van der Waals surface area (Å²) >= 11 is 5.82. The lowest BCUT2D eigenvalue weighted by molar-refractivity contribution is -0.126. The van der Waals surface area contributed by atoms with Gasteiger partial charge in [-0.25, -0.2) is 9.73 Å². The summed E-state index contributed by atoms with van der Waals surface area (Å²) in [7, 11) is -3.93. The molecule has 2 aromatic rings. The third kappa shape index (κ3) is 3.24. The lowest BCUT2D eigenvalue weighted by atomic mass is 9.78. The van der Waals surface area contributed by atoms with Crippen molar-refractivity contribution in [3.63, 3.8) is 0 Å². The van der Waals surface area contributed by atoms with Crippen LogP contribution in [0.2, 0.25) is 5.02 Å². The summed E-state index contributed by atoms with van der Waals surface area (Å²) in [5, 5.41) is 4.33. The number of carbonyl (C=O) groups is 2. The molecule has 0 aromatic heterocycles. The first kappa shape index (κ1) is 20.9. The van der Waals surface area contributed by atoms with E-state index in [0.717, 1.165) is 4.90 Å². The van der Waals surface area contributed by atoms with Gasteiger partial charge in [0.15, 0.2) is 0 Å². The number of amides is 2. The Morgan fingerprint density at radius 1 is 1.09 bits per heavy atom. The Kier molecular flexibility index (Phi) is 4.74. The van der Waals surface area contributed by atoms with Crippen LogP contribution >= 0.6 is 11.6 Å². The van der Waals surface area contributed by atoms with Gasteiger partial charge < -0.3 is 4.74 Å². The zero-order valence-electron chi connectivity index (χ0n) is 16.8. The molecule has 2 bridgehead atoms. The van der Waals surface area contributed by atoms with E-state index in [1.165, 1.54) is 30.5 Å². The maximum absolute atomic E-state index is 13.0. The van der Waals surface area contributed by atoms with Crippen molar-refractivity contribution >= 4 is 45.3 Å². The summed E-state index contributed by atoms with van der Waals surface area (Å²) in [5.74, 6) is -1.79. The van der Waals surface area contributed by atoms with Crippen molar-refractivity contribution in [1.29, 1.82) is 0 Å². The molecular weight excluding hydrogens is 454 g/mol. The zero-order chi connectivity index (χ0) is 22.7. The lowest BCUT2D eigenvalue weighted by Gasteiger charge is -2.24. The molecule has 0 unspecified atom stereocenters. The summed E-state index contributed by atoms with van der Waals surface area (Å²) < 4.78 is 30.8. The molecule has 0 radical (unpaired) electrons. The monoisotopic (exact) mass is 471 g/mol. The van der Waals surface area contributed by atoms with Crippen molar-refractivity contribution in [3.05, 3.63) is 71.3 Å². The Bertz CT molecular complexity index is 1270. The van der Waals surface area contributed by atoms with Crippen LogP contribution in [0.3, 0.4) is 0 Å². The molecule has 3 heterocycles. The fourth-order valence-electron chi connectivity index (χ4n) is 4.45. The van der Waals surface area contributed by atoms with Crippen LogP contribution in [0.15, 0.2) is 70.7 Å². The van der Waals surface area contributed by atoms with Gasteiger partial charge in [-0.15, -0.1) is 0 Å². The highest BCUT2D eigenvalue weighted by atomic mass is 35.5. The molecule has 2 aromatic carbocycles. The maximum Gasteiger partial charge on any atom is 0.276 e. The number of hydrazone groups is 1. The number of rotatable bonds is 5. The van der Waals surface area contributed by atoms with E-state index < -0.39 is 33.6 Å². The van der Waals surface area contributed by atoms with E-state index in [1.807, 2.05) is 12.2 Å². The summed E-state index contributed by atoms with van der Waals surface area (Å²) in [6, 6.07) is 12.3. The van der Waals surface area contributed by atoms with E-state index >= 15 is 0 Å². The number of nitrogens with one attached hydrogen (secondary N) is 1. The molecule has 2 fully saturated rings. The predicted molar refractivity (Wildman–Crippen MR) is 118 cm³/mol. The van der Waals surface area contributed by atoms with Crippen molar-refractivity contribution in [2.24, 2.45) is 16.9 Å². The van der Waals surface area contributed by atoms with E-state index in [4.69, 9.17) is 16.3 Å². The van der Waals surface area contributed by atoms with Gasteiger partial charge in [0.2, 0.25) is 11.8 Å². The third-order valence-electron chi connectivity index (χ3n) is 5.99. The zero-order valence-corrected chi connectivity index (χ0v) is 18.4. The minimum Gasteiger partial charge on any atom is -0.362 e. The second kappa shape index (κ2) is 7.26. The van der Waals surface area contributed by atoms with E-state index in [1.54, 1.807) is 31.2 Å². The van der Waals surface area contributed by atoms with Gasteiger partial charge in [0.05, 0.1) is 40.3 Å². The van der Waals surface area contributed by atoms with E-state index in [2.05, 4.69) is 9.93 Å². The molecule has 8 nitrogen and oxygen atoms in total. The number of nitrogens with zero attached hydrogens (tertiary/aromatic N) is 2. The van der Waals surface area contributed by atoms with Gasteiger partial charge in [-0.3, -0.25) is 9.59 Å². The Morgan fingerprint density at radius 3 is 2.44 bits per heavy atom. The third-order valence-corrected chi connectivity index (χ3v) is 7.48. The smallest absolute Gasteiger partial charge is 0.276 e. The Labute approximate surface area is 189 Å². The molecule has 0 spiro atoms. The van der Waals surface area contributed by atoms with E-state index in [-0.39, 0.29) is 16.7 Å². The number of anilines is 1. The van der Waals surface area contributed by atoms with Crippen LogP contribution in [0.25, 0.3) is 0 Å². The molecule has 32 heavy (non-hydrogen) atoms. The molecule has 5 rings (SSSR count). The van der Waals surface area contributed by atoms with Crippen molar-refractivity contribution in [2.45, 2.75) is 23.5 Å². The van der Waals surface area contributed by atoms with Crippen LogP contribution < -0.4 is 9.73 Å². The maximum atomic E-state index is 13.0. The van der Waals surface area contributed by atoms with Crippen LogP contribution in [-0.2, 0) is 24.3 Å². The highest BCUT2D eigenvalue weighted by Gasteiger charge is 2.66. The Balaban J connectivity index is 1.32. The van der Waals surface area contributed by atoms with Gasteiger partial charge in [0, 0.05) is 5.02 Å². The Morgan fingerprint density at radius 2 is 1.78 bits per heavy atom. The standard InChI is InChI=1S/C22H18ClN3O5S/c1-22-11-10-17(31-22)18-19(22)21(28)26(20(18)27)15-6-8-16(9-7-15)32(29,30)25-24-12-13-2-4-14(23)5-3-13/h2-12,17-19,25H,1H3/b24-12+/t17-,18-,19+,22+/m1/s1. The fraction of sp³-hybridized carbons (Fsp3) is 0.227. The van der Waals surface area contributed by atoms with Crippen LogP contribution in [0.1, 0.15) is 12.5 Å². The second-order valence-corrected chi connectivity index (χ2v) is 10.1. The molecule has 164 valence electrons. The van der Waals surface area contributed by atoms with Crippen molar-refractivity contribution < 1.29 is 22.7 Å². The lowest BCUT2D eigenvalue weighted by Crippen LogP contribution is -2.38. The fourth-order valence-corrected chi connectivity index (χ4v) is 5.37. The largest absolute Gasteiger partial charge is 0.362 e. The number of carbonyl (C=O) groups excluding carboxylic acids is 2. The number of hydrogen-bond donors (Lipinski definition) is 1. The second-order valence-electron chi connectivity index (χ2n) is 8.04. The molecule has 3 aliphatic rings. The first-order chi connectivity index (χ1) is 15.2. The number of hydrogen-bond acceptors (Lipinski definition) is 6. The first-order valence-electron chi connectivity index (χ1n) is 9.85. The molecule has 4 atom stereocenters. The van der Waals surface area contributed by atoms with Crippen molar-refractivity contribution in [3.8, 4) is 0 Å². The molecule has 3 aliphatic heterocycles. The van der Waals surface area contributed by atoms with Crippen molar-refractivity contribution in [1.82, 2.24) is 4.83 Å². The Hall–Kier alpha value is -3.01. The molecule has 10 heteroatoms. The summed E-state index contributed by atoms with van der Waals surface area (Å²) in [6.07, 6.45) is 4.60. The van der Waals surface area contributed by atoms with Gasteiger partial charge in [0.25, 0.3) is 10.0 Å². The number of halogens is 1. The summed E-state index contributed by atoms with van der Waals surface area (Å²) in [4.78, 5) is 29.2. The minimum atomic E-state index is -3.93. The average molecular weight is 472 g/mol. The average Bonchev–Trinajstić information content (AvgIpc) is 3.38. The SMILES string of the molecule is C[C@@]12C=C[C@@H](O1)[C@H]1C(=O)N(c3ccc(S(=O)(=O)N/N=C/c4ccc(Cl)cc4)cc3)C(=O)[C@H]12. The van der Waals surface area contributed by atoms with Crippen LogP contribution in [-0.4, -0.2) is 38.2 Å². The van der Waals surface area contributed by atoms with Crippen LogP contribution in [0.5, 0.6) is 0 Å². The van der Waals surface area contributed by atoms with E-state index in [0.29, 0.717) is 16.3 Å². The molecular formula is C22H18ClN3O5S. The molecule has 2 saturated heterocycles. The van der Waals surface area contributed by atoms with Gasteiger partial charge >= 0.3 is 0 Å². The molecule has 0 aliphatic carbocycles. The highest BCUT2D eigenvalue weighted by molar-refractivity contribution is 7.89.